The Morgan fingerprint density at radius 3 is 2.00 bits per heavy atom. The van der Waals surface area contributed by atoms with E-state index in [1.807, 2.05) is 33.8 Å². The summed E-state index contributed by atoms with van der Waals surface area (Å²) in [5, 5.41) is 8.65. The quantitative estimate of drug-likeness (QED) is 0.264. The van der Waals surface area contributed by atoms with Crippen LogP contribution in [0.4, 0.5) is 8.78 Å². The normalized spacial score (nSPS) is 11.7. The molecule has 3 aromatic carbocycles. The van der Waals surface area contributed by atoms with Gasteiger partial charge in [-0.1, -0.05) is 6.07 Å². The van der Waals surface area contributed by atoms with Crippen LogP contribution in [0.1, 0.15) is 33.4 Å². The van der Waals surface area contributed by atoms with Crippen molar-refractivity contribution < 1.29 is 18.3 Å². The van der Waals surface area contributed by atoms with Gasteiger partial charge < -0.3 is 9.47 Å². The van der Waals surface area contributed by atoms with Crippen LogP contribution in [0.15, 0.2) is 54.6 Å². The number of ether oxygens (including phenoxy) is 2. The van der Waals surface area contributed by atoms with Crippen LogP contribution in [0.25, 0.3) is 39.2 Å². The van der Waals surface area contributed by atoms with E-state index in [0.717, 1.165) is 0 Å². The highest BCUT2D eigenvalue weighted by molar-refractivity contribution is 5.85. The van der Waals surface area contributed by atoms with Crippen LogP contribution in [0.5, 0.6) is 11.5 Å². The molecule has 2 aromatic heterocycles. The summed E-state index contributed by atoms with van der Waals surface area (Å²) in [5.41, 5.74) is 3.55. The van der Waals surface area contributed by atoms with Crippen LogP contribution >= 0.6 is 0 Å². The summed E-state index contributed by atoms with van der Waals surface area (Å²) in [7, 11) is 0. The Morgan fingerprint density at radius 1 is 0.750 bits per heavy atom. The summed E-state index contributed by atoms with van der Waals surface area (Å²) < 4.78 is 43.3. The number of aryl methyl sites for hydroxylation is 1. The van der Waals surface area contributed by atoms with Crippen LogP contribution in [-0.2, 0) is 0 Å². The van der Waals surface area contributed by atoms with Gasteiger partial charge in [0, 0.05) is 5.56 Å². The highest BCUT2D eigenvalue weighted by Crippen LogP contribution is 2.33. The summed E-state index contributed by atoms with van der Waals surface area (Å²) in [5.74, 6) is 0.650. The first-order valence-electron chi connectivity index (χ1n) is 11.8. The Bertz CT molecular complexity index is 1590. The topological polar surface area (TPSA) is 61.5 Å². The summed E-state index contributed by atoms with van der Waals surface area (Å²) in [4.78, 5) is 4.63. The van der Waals surface area contributed by atoms with Crippen LogP contribution in [0.3, 0.4) is 0 Å². The maximum absolute atomic E-state index is 15.1. The molecule has 36 heavy (non-hydrogen) atoms. The molecule has 0 amide bonds. The molecule has 0 saturated heterocycles. The highest BCUT2D eigenvalue weighted by Gasteiger charge is 2.20. The van der Waals surface area contributed by atoms with Gasteiger partial charge in [-0.25, -0.2) is 13.8 Å². The van der Waals surface area contributed by atoms with Gasteiger partial charge in [-0.05, 0) is 88.7 Å². The maximum atomic E-state index is 15.1. The number of fused-ring (bicyclic) bond motifs is 3. The van der Waals surface area contributed by atoms with E-state index in [2.05, 4.69) is 15.2 Å². The van der Waals surface area contributed by atoms with Gasteiger partial charge in [-0.3, -0.25) is 4.40 Å². The average Bonchev–Trinajstić information content (AvgIpc) is 3.17. The molecule has 0 atom stereocenters. The fourth-order valence-electron chi connectivity index (χ4n) is 4.20. The molecule has 2 heterocycles. The van der Waals surface area contributed by atoms with Crippen molar-refractivity contribution in [2.75, 3.05) is 0 Å². The monoisotopic (exact) mass is 488 g/mol. The van der Waals surface area contributed by atoms with E-state index < -0.39 is 5.82 Å². The Kier molecular flexibility index (Phi) is 6.04. The fraction of sp³-hybridized carbons (Fsp3) is 0.250. The van der Waals surface area contributed by atoms with Crippen LogP contribution < -0.4 is 9.47 Å². The molecule has 0 unspecified atom stereocenters. The van der Waals surface area contributed by atoms with Crippen molar-refractivity contribution in [3.8, 4) is 34.0 Å². The number of nitrogens with zero attached hydrogens (tertiary/aromatic N) is 4. The third-order valence-electron chi connectivity index (χ3n) is 5.66. The van der Waals surface area contributed by atoms with Gasteiger partial charge in [0.05, 0.1) is 29.0 Å². The van der Waals surface area contributed by atoms with E-state index >= 15 is 4.39 Å². The molecule has 0 bridgehead atoms. The second-order valence-electron chi connectivity index (χ2n) is 9.20. The molecule has 184 valence electrons. The first-order chi connectivity index (χ1) is 17.2. The van der Waals surface area contributed by atoms with E-state index in [-0.39, 0.29) is 23.6 Å². The van der Waals surface area contributed by atoms with Crippen molar-refractivity contribution in [3.05, 3.63) is 71.9 Å². The molecular formula is C28H26F2N4O2. The number of imidazole rings is 1. The van der Waals surface area contributed by atoms with Crippen LogP contribution in [0, 0.1) is 18.6 Å². The number of hydrogen-bond donors (Lipinski definition) is 0. The molecule has 0 spiro atoms. The Morgan fingerprint density at radius 2 is 1.36 bits per heavy atom. The minimum Gasteiger partial charge on any atom is -0.491 e. The lowest BCUT2D eigenvalue weighted by Gasteiger charge is -2.13. The lowest BCUT2D eigenvalue weighted by atomic mass is 10.0. The lowest BCUT2D eigenvalue weighted by molar-refractivity contribution is 0.242. The molecule has 0 aliphatic heterocycles. The predicted molar refractivity (Wildman–Crippen MR) is 135 cm³/mol. The largest absolute Gasteiger partial charge is 0.491 e. The van der Waals surface area contributed by atoms with Crippen molar-refractivity contribution in [2.45, 2.75) is 46.8 Å². The number of rotatable bonds is 6. The third-order valence-corrected chi connectivity index (χ3v) is 5.66. The first-order valence-corrected chi connectivity index (χ1v) is 11.8. The van der Waals surface area contributed by atoms with Crippen LogP contribution in [0.2, 0.25) is 0 Å². The predicted octanol–water partition coefficient (Wildman–Crippen LogP) is 6.77. The van der Waals surface area contributed by atoms with Crippen molar-refractivity contribution in [1.82, 2.24) is 19.6 Å². The second kappa shape index (κ2) is 9.18. The lowest BCUT2D eigenvalue weighted by Crippen LogP contribution is -2.06. The van der Waals surface area contributed by atoms with Crippen molar-refractivity contribution in [2.24, 2.45) is 0 Å². The van der Waals surface area contributed by atoms with E-state index in [1.54, 1.807) is 47.7 Å². The zero-order valence-corrected chi connectivity index (χ0v) is 20.7. The number of halogens is 2. The van der Waals surface area contributed by atoms with Gasteiger partial charge >= 0.3 is 0 Å². The SMILES string of the molecule is Cc1nc(-c2cc(OC(C)C)ccc2F)n2c1nnc1ccc(-c3cc(OC(C)C)ccc3F)cc12. The molecule has 0 saturated carbocycles. The second-order valence-corrected chi connectivity index (χ2v) is 9.20. The first kappa shape index (κ1) is 23.7. The van der Waals surface area contributed by atoms with Gasteiger partial charge in [-0.15, -0.1) is 10.2 Å². The van der Waals surface area contributed by atoms with E-state index in [9.17, 15) is 4.39 Å². The van der Waals surface area contributed by atoms with Crippen LogP contribution in [-0.4, -0.2) is 31.8 Å². The van der Waals surface area contributed by atoms with Crippen molar-refractivity contribution >= 4 is 16.7 Å². The minimum absolute atomic E-state index is 0.0448. The fourth-order valence-corrected chi connectivity index (χ4v) is 4.20. The molecule has 5 aromatic rings. The zero-order chi connectivity index (χ0) is 25.6. The average molecular weight is 489 g/mol. The molecule has 0 fully saturated rings. The molecule has 0 N–H and O–H groups in total. The maximum Gasteiger partial charge on any atom is 0.183 e. The molecule has 0 radical (unpaired) electrons. The summed E-state index contributed by atoms with van der Waals surface area (Å²) in [6.45, 7) is 9.43. The summed E-state index contributed by atoms with van der Waals surface area (Å²) in [6.07, 6.45) is -0.113. The molecule has 5 rings (SSSR count). The number of hydrogen-bond acceptors (Lipinski definition) is 5. The molecule has 8 heteroatoms. The van der Waals surface area contributed by atoms with E-state index in [0.29, 0.717) is 50.8 Å². The Labute approximate surface area is 207 Å². The number of aromatic nitrogens is 4. The highest BCUT2D eigenvalue weighted by atomic mass is 19.1. The molecule has 0 aliphatic carbocycles. The number of benzene rings is 3. The van der Waals surface area contributed by atoms with E-state index in [4.69, 9.17) is 9.47 Å². The van der Waals surface area contributed by atoms with Gasteiger partial charge in [0.2, 0.25) is 0 Å². The van der Waals surface area contributed by atoms with Crippen molar-refractivity contribution in [3.63, 3.8) is 0 Å². The summed E-state index contributed by atoms with van der Waals surface area (Å²) >= 11 is 0. The Balaban J connectivity index is 1.74. The minimum atomic E-state index is -0.441. The zero-order valence-electron chi connectivity index (χ0n) is 20.7. The Hall–Kier alpha value is -4.07. The van der Waals surface area contributed by atoms with Gasteiger partial charge in [0.1, 0.15) is 34.5 Å². The molecule has 6 nitrogen and oxygen atoms in total. The van der Waals surface area contributed by atoms with Gasteiger partial charge in [0.15, 0.2) is 5.65 Å². The third kappa shape index (κ3) is 4.34. The van der Waals surface area contributed by atoms with Gasteiger partial charge in [0.25, 0.3) is 0 Å². The van der Waals surface area contributed by atoms with E-state index in [1.165, 1.54) is 12.1 Å². The molecular weight excluding hydrogens is 462 g/mol. The summed E-state index contributed by atoms with van der Waals surface area (Å²) in [6, 6.07) is 14.6. The van der Waals surface area contributed by atoms with Crippen molar-refractivity contribution in [1.29, 1.82) is 0 Å². The smallest absolute Gasteiger partial charge is 0.183 e. The van der Waals surface area contributed by atoms with Gasteiger partial charge in [-0.2, -0.15) is 0 Å². The molecule has 0 aliphatic rings. The standard InChI is InChI=1S/C28H26F2N4O2/c1-15(2)35-19-7-9-23(29)21(13-19)18-6-11-25-26(12-18)34-27(33-32-25)17(5)31-28(34)22-14-20(36-16(3)4)8-10-24(22)30/h6-16H,1-5H3.